The Balaban J connectivity index is 1.30. The van der Waals surface area contributed by atoms with Gasteiger partial charge in [-0.05, 0) is 49.0 Å². The van der Waals surface area contributed by atoms with Crippen LogP contribution in [-0.4, -0.2) is 78.9 Å². The lowest BCUT2D eigenvalue weighted by atomic mass is 10.0. The van der Waals surface area contributed by atoms with Crippen molar-refractivity contribution in [2.75, 3.05) is 52.4 Å². The molecule has 4 rings (SSSR count). The Morgan fingerprint density at radius 1 is 1.03 bits per heavy atom. The van der Waals surface area contributed by atoms with Crippen LogP contribution in [0.2, 0.25) is 5.02 Å². The van der Waals surface area contributed by atoms with Gasteiger partial charge in [0.05, 0.1) is 16.6 Å². The Morgan fingerprint density at radius 3 is 2.32 bits per heavy atom. The Hall–Kier alpha value is -2.48. The normalized spacial score (nSPS) is 20.3. The van der Waals surface area contributed by atoms with E-state index in [1.54, 1.807) is 11.0 Å². The molecule has 2 aliphatic heterocycles. The van der Waals surface area contributed by atoms with Gasteiger partial charge in [0.25, 0.3) is 5.91 Å². The van der Waals surface area contributed by atoms with Gasteiger partial charge in [-0.2, -0.15) is 0 Å². The molecule has 1 N–H and O–H groups in total. The van der Waals surface area contributed by atoms with Gasteiger partial charge in [0.15, 0.2) is 0 Å². The number of benzene rings is 2. The summed E-state index contributed by atoms with van der Waals surface area (Å²) < 4.78 is 14.3. The Morgan fingerprint density at radius 2 is 1.70 bits per heavy atom. The molecule has 2 aromatic rings. The molecule has 0 spiro atoms. The maximum atomic E-state index is 14.3. The summed E-state index contributed by atoms with van der Waals surface area (Å²) in [4.78, 5) is 32.2. The molecule has 2 saturated heterocycles. The van der Waals surface area contributed by atoms with Crippen molar-refractivity contribution in [1.82, 2.24) is 20.0 Å². The van der Waals surface area contributed by atoms with Crippen molar-refractivity contribution in [2.24, 2.45) is 11.8 Å². The number of fused-ring (bicyclic) bond motifs is 1. The molecule has 2 aromatic carbocycles. The minimum absolute atomic E-state index is 0.0246. The summed E-state index contributed by atoms with van der Waals surface area (Å²) in [5, 5.41) is 3.43. The predicted octanol–water partition coefficient (Wildman–Crippen LogP) is 4.46. The number of hydrogen-bond acceptors (Lipinski definition) is 4. The fourth-order valence-corrected chi connectivity index (χ4v) is 5.93. The summed E-state index contributed by atoms with van der Waals surface area (Å²) >= 11 is 6.13. The molecule has 0 bridgehead atoms. The molecule has 37 heavy (non-hydrogen) atoms. The quantitative estimate of drug-likeness (QED) is 0.468. The van der Waals surface area contributed by atoms with Crippen LogP contribution < -0.4 is 5.32 Å². The Bertz CT molecular complexity index is 1030. The van der Waals surface area contributed by atoms with Gasteiger partial charge in [0.2, 0.25) is 5.91 Å². The smallest absolute Gasteiger partial charge is 0.258 e. The van der Waals surface area contributed by atoms with Crippen LogP contribution in [-0.2, 0) is 4.79 Å². The number of halogens is 2. The van der Waals surface area contributed by atoms with Gasteiger partial charge in [-0.25, -0.2) is 4.39 Å². The molecule has 2 fully saturated rings. The van der Waals surface area contributed by atoms with Crippen molar-refractivity contribution in [3.63, 3.8) is 0 Å². The summed E-state index contributed by atoms with van der Waals surface area (Å²) in [6, 6.07) is 14.5. The van der Waals surface area contributed by atoms with E-state index in [4.69, 9.17) is 11.6 Å². The summed E-state index contributed by atoms with van der Waals surface area (Å²) in [6.07, 6.45) is 1.32. The number of hydrogen-bond donors (Lipinski definition) is 1. The van der Waals surface area contributed by atoms with Gasteiger partial charge >= 0.3 is 0 Å². The van der Waals surface area contributed by atoms with Crippen molar-refractivity contribution in [3.05, 3.63) is 70.5 Å². The fourth-order valence-electron chi connectivity index (χ4n) is 5.68. The summed E-state index contributed by atoms with van der Waals surface area (Å²) in [5.41, 5.74) is 1.10. The first-order valence-corrected chi connectivity index (χ1v) is 13.8. The number of likely N-dealkylation sites (tertiary alicyclic amines) is 2. The molecule has 0 saturated carbocycles. The van der Waals surface area contributed by atoms with Crippen LogP contribution in [0.25, 0.3) is 0 Å². The van der Waals surface area contributed by atoms with Gasteiger partial charge in [-0.3, -0.25) is 9.59 Å². The highest BCUT2D eigenvalue weighted by atomic mass is 35.5. The maximum absolute atomic E-state index is 14.3. The van der Waals surface area contributed by atoms with Gasteiger partial charge in [0.1, 0.15) is 5.82 Å². The highest BCUT2D eigenvalue weighted by Crippen LogP contribution is 2.33. The van der Waals surface area contributed by atoms with Crippen LogP contribution in [0.15, 0.2) is 48.5 Å². The number of carbonyl (C=O) groups is 2. The lowest BCUT2D eigenvalue weighted by Crippen LogP contribution is -2.36. The van der Waals surface area contributed by atoms with E-state index in [9.17, 15) is 14.0 Å². The first-order chi connectivity index (χ1) is 17.9. The maximum Gasteiger partial charge on any atom is 0.258 e. The van der Waals surface area contributed by atoms with Gasteiger partial charge in [0, 0.05) is 45.7 Å². The standard InChI is InChI=1S/C29H38ClFN4O2/c1-3-33(4-2)16-14-27(36)32-26(21-9-6-5-7-10-21)13-15-34-17-22-19-35(20-23(22)18-34)29(37)28-24(30)11-8-12-25(28)31/h5-12,22-23,26H,3-4,13-20H2,1-2H3,(H,32,36). The summed E-state index contributed by atoms with van der Waals surface area (Å²) in [7, 11) is 0. The second-order valence-electron chi connectivity index (χ2n) is 10.2. The number of rotatable bonds is 11. The van der Waals surface area contributed by atoms with Crippen molar-refractivity contribution in [3.8, 4) is 0 Å². The second-order valence-corrected chi connectivity index (χ2v) is 10.6. The van der Waals surface area contributed by atoms with Crippen molar-refractivity contribution in [1.29, 1.82) is 0 Å². The lowest BCUT2D eigenvalue weighted by molar-refractivity contribution is -0.122. The van der Waals surface area contributed by atoms with Crippen LogP contribution in [0.3, 0.4) is 0 Å². The van der Waals surface area contributed by atoms with Gasteiger partial charge in [-0.15, -0.1) is 0 Å². The summed E-state index contributed by atoms with van der Waals surface area (Å²) in [5.74, 6) is -0.0652. The monoisotopic (exact) mass is 528 g/mol. The molecule has 2 aliphatic rings. The largest absolute Gasteiger partial charge is 0.349 e. The molecule has 3 atom stereocenters. The predicted molar refractivity (Wildman–Crippen MR) is 145 cm³/mol. The average Bonchev–Trinajstić information content (AvgIpc) is 3.46. The zero-order chi connectivity index (χ0) is 26.4. The minimum atomic E-state index is -0.567. The molecule has 2 amide bonds. The molecule has 8 heteroatoms. The van der Waals surface area contributed by atoms with E-state index in [-0.39, 0.29) is 28.4 Å². The topological polar surface area (TPSA) is 55.9 Å². The molecule has 3 unspecified atom stereocenters. The average molecular weight is 529 g/mol. The molecule has 0 aromatic heterocycles. The Kier molecular flexibility index (Phi) is 9.57. The highest BCUT2D eigenvalue weighted by Gasteiger charge is 2.42. The molecule has 6 nitrogen and oxygen atoms in total. The third-order valence-electron chi connectivity index (χ3n) is 7.85. The number of nitrogens with zero attached hydrogens (tertiary/aromatic N) is 3. The van der Waals surface area contributed by atoms with E-state index in [1.165, 1.54) is 12.1 Å². The highest BCUT2D eigenvalue weighted by molar-refractivity contribution is 6.33. The molecular formula is C29H38ClFN4O2. The first-order valence-electron chi connectivity index (χ1n) is 13.4. The lowest BCUT2D eigenvalue weighted by Gasteiger charge is -2.25. The molecule has 0 aliphatic carbocycles. The van der Waals surface area contributed by atoms with Crippen LogP contribution in [0, 0.1) is 17.7 Å². The summed E-state index contributed by atoms with van der Waals surface area (Å²) in [6.45, 7) is 10.8. The van der Waals surface area contributed by atoms with E-state index in [1.807, 2.05) is 18.2 Å². The van der Waals surface area contributed by atoms with Gasteiger partial charge in [-0.1, -0.05) is 61.8 Å². The number of carbonyl (C=O) groups excluding carboxylic acids is 2. The van der Waals surface area contributed by atoms with Crippen LogP contribution in [0.1, 0.15) is 48.7 Å². The third kappa shape index (κ3) is 6.89. The molecule has 2 heterocycles. The molecular weight excluding hydrogens is 491 g/mol. The van der Waals surface area contributed by atoms with E-state index >= 15 is 0 Å². The number of amides is 2. The third-order valence-corrected chi connectivity index (χ3v) is 8.16. The van der Waals surface area contributed by atoms with Crippen LogP contribution in [0.4, 0.5) is 4.39 Å². The van der Waals surface area contributed by atoms with Crippen molar-refractivity contribution < 1.29 is 14.0 Å². The SMILES string of the molecule is CCN(CC)CCC(=O)NC(CCN1CC2CN(C(=O)c3c(F)cccc3Cl)CC2C1)c1ccccc1. The van der Waals surface area contributed by atoms with E-state index < -0.39 is 5.82 Å². The Labute approximate surface area is 224 Å². The number of nitrogens with one attached hydrogen (secondary N) is 1. The van der Waals surface area contributed by atoms with Crippen molar-refractivity contribution in [2.45, 2.75) is 32.7 Å². The van der Waals surface area contributed by atoms with Crippen LogP contribution in [0.5, 0.6) is 0 Å². The van der Waals surface area contributed by atoms with E-state index in [2.05, 4.69) is 41.1 Å². The first kappa shape index (κ1) is 27.6. The van der Waals surface area contributed by atoms with Gasteiger partial charge < -0.3 is 20.0 Å². The zero-order valence-corrected chi connectivity index (χ0v) is 22.6. The van der Waals surface area contributed by atoms with E-state index in [0.29, 0.717) is 31.3 Å². The fraction of sp³-hybridized carbons (Fsp3) is 0.517. The molecule has 0 radical (unpaired) electrons. The minimum Gasteiger partial charge on any atom is -0.349 e. The van der Waals surface area contributed by atoms with E-state index in [0.717, 1.165) is 51.3 Å². The zero-order valence-electron chi connectivity index (χ0n) is 21.8. The van der Waals surface area contributed by atoms with Crippen molar-refractivity contribution >= 4 is 23.4 Å². The second kappa shape index (κ2) is 12.9. The van der Waals surface area contributed by atoms with Crippen LogP contribution >= 0.6 is 11.6 Å². The molecule has 200 valence electrons.